The van der Waals surface area contributed by atoms with Crippen molar-refractivity contribution in [3.05, 3.63) is 47.0 Å². The molecular weight excluding hydrogens is 384 g/mol. The third kappa shape index (κ3) is 5.88. The van der Waals surface area contributed by atoms with E-state index in [9.17, 15) is 5.11 Å². The molecule has 1 heterocycles. The smallest absolute Gasteiger partial charge is 0.0681 e. The minimum Gasteiger partial charge on any atom is -0.396 e. The van der Waals surface area contributed by atoms with Gasteiger partial charge in [-0.1, -0.05) is 23.7 Å². The van der Waals surface area contributed by atoms with Crippen molar-refractivity contribution in [3.8, 4) is 11.1 Å². The van der Waals surface area contributed by atoms with E-state index in [1.807, 2.05) is 12.1 Å². The van der Waals surface area contributed by atoms with Crippen LogP contribution in [0.1, 0.15) is 44.1 Å². The monoisotopic (exact) mass is 415 g/mol. The van der Waals surface area contributed by atoms with Gasteiger partial charge in [0, 0.05) is 43.4 Å². The number of nitrogens with zero attached hydrogens (tertiary/aromatic N) is 1. The Hall–Kier alpha value is -1.75. The summed E-state index contributed by atoms with van der Waals surface area (Å²) in [5.41, 5.74) is 5.79. The summed E-state index contributed by atoms with van der Waals surface area (Å²) in [5.74, 6) is 0. The van der Waals surface area contributed by atoms with Crippen molar-refractivity contribution in [1.82, 2.24) is 0 Å². The molecule has 5 heteroatoms. The van der Waals surface area contributed by atoms with Gasteiger partial charge >= 0.3 is 0 Å². The van der Waals surface area contributed by atoms with E-state index in [1.165, 1.54) is 30.5 Å². The molecule has 4 nitrogen and oxygen atoms in total. The van der Waals surface area contributed by atoms with Gasteiger partial charge < -0.3 is 20.4 Å². The number of nitrogens with one attached hydrogen (secondary N) is 1. The molecule has 2 aromatic rings. The number of piperidine rings is 1. The third-order valence-corrected chi connectivity index (χ3v) is 5.69. The summed E-state index contributed by atoms with van der Waals surface area (Å²) in [4.78, 5) is 2.48. The topological polar surface area (TPSA) is 55.7 Å². The average molecular weight is 416 g/mol. The Kier molecular flexibility index (Phi) is 8.66. The number of rotatable bonds is 10. The van der Waals surface area contributed by atoms with Crippen molar-refractivity contribution in [1.29, 1.82) is 0 Å². The Morgan fingerprint density at radius 1 is 1.00 bits per heavy atom. The van der Waals surface area contributed by atoms with E-state index in [0.29, 0.717) is 5.02 Å². The molecule has 0 amide bonds. The molecule has 0 atom stereocenters. The Balaban J connectivity index is 2.03. The van der Waals surface area contributed by atoms with Gasteiger partial charge in [0.2, 0.25) is 0 Å². The van der Waals surface area contributed by atoms with E-state index >= 15 is 0 Å². The van der Waals surface area contributed by atoms with Crippen molar-refractivity contribution in [2.24, 2.45) is 0 Å². The van der Waals surface area contributed by atoms with Crippen molar-refractivity contribution in [2.75, 3.05) is 43.1 Å². The van der Waals surface area contributed by atoms with E-state index < -0.39 is 0 Å². The molecule has 1 aliphatic rings. The van der Waals surface area contributed by atoms with Crippen LogP contribution in [0.4, 0.5) is 11.4 Å². The van der Waals surface area contributed by atoms with Gasteiger partial charge in [0.1, 0.15) is 0 Å². The van der Waals surface area contributed by atoms with Gasteiger partial charge in [0.15, 0.2) is 0 Å². The van der Waals surface area contributed by atoms with E-state index in [0.717, 1.165) is 62.1 Å². The molecule has 157 valence electrons. The first-order chi connectivity index (χ1) is 14.2. The zero-order valence-corrected chi connectivity index (χ0v) is 17.8. The lowest BCUT2D eigenvalue weighted by Gasteiger charge is -2.33. The molecule has 2 aromatic carbocycles. The molecule has 1 fully saturated rings. The maximum atomic E-state index is 9.18. The highest BCUT2D eigenvalue weighted by Crippen LogP contribution is 2.41. The second-order valence-corrected chi connectivity index (χ2v) is 8.08. The molecule has 1 radical (unpaired) electrons. The molecule has 0 unspecified atom stereocenters. The van der Waals surface area contributed by atoms with Crippen LogP contribution in [0.3, 0.4) is 0 Å². The third-order valence-electron chi connectivity index (χ3n) is 5.48. The fraction of sp³-hybridized carbons (Fsp3) is 0.500. The van der Waals surface area contributed by atoms with E-state index in [1.54, 1.807) is 0 Å². The summed E-state index contributed by atoms with van der Waals surface area (Å²) >= 11 is 6.38. The fourth-order valence-electron chi connectivity index (χ4n) is 4.03. The minimum absolute atomic E-state index is 0.185. The summed E-state index contributed by atoms with van der Waals surface area (Å²) in [6, 6.07) is 13.7. The highest BCUT2D eigenvalue weighted by atomic mass is 35.5. The average Bonchev–Trinajstić information content (AvgIpc) is 2.75. The van der Waals surface area contributed by atoms with Gasteiger partial charge in [-0.2, -0.15) is 0 Å². The molecule has 0 spiro atoms. The van der Waals surface area contributed by atoms with Crippen LogP contribution in [0.5, 0.6) is 0 Å². The zero-order chi connectivity index (χ0) is 20.5. The van der Waals surface area contributed by atoms with E-state index in [2.05, 4.69) is 34.5 Å². The quantitative estimate of drug-likeness (QED) is 0.483. The number of para-hydroxylation sites is 1. The predicted molar refractivity (Wildman–Crippen MR) is 122 cm³/mol. The normalized spacial score (nSPS) is 14.2. The van der Waals surface area contributed by atoms with Crippen LogP contribution in [0.15, 0.2) is 30.3 Å². The van der Waals surface area contributed by atoms with Gasteiger partial charge in [-0.25, -0.2) is 0 Å². The predicted octanol–water partition coefficient (Wildman–Crippen LogP) is 4.91. The van der Waals surface area contributed by atoms with Crippen LogP contribution in [-0.4, -0.2) is 43.1 Å². The zero-order valence-electron chi connectivity index (χ0n) is 17.1. The molecule has 1 saturated heterocycles. The number of halogens is 1. The highest BCUT2D eigenvalue weighted by molar-refractivity contribution is 6.31. The summed E-state index contributed by atoms with van der Waals surface area (Å²) in [7, 11) is 0. The molecule has 0 saturated carbocycles. The lowest BCUT2D eigenvalue weighted by molar-refractivity contribution is 0.284. The number of hydrogen-bond acceptors (Lipinski definition) is 4. The van der Waals surface area contributed by atoms with E-state index in [-0.39, 0.29) is 13.2 Å². The summed E-state index contributed by atoms with van der Waals surface area (Å²) in [6.45, 7) is 3.24. The van der Waals surface area contributed by atoms with Gasteiger partial charge in [-0.05, 0) is 80.3 Å². The van der Waals surface area contributed by atoms with E-state index in [4.69, 9.17) is 16.7 Å². The first-order valence-corrected chi connectivity index (χ1v) is 11.2. The van der Waals surface area contributed by atoms with Crippen molar-refractivity contribution in [2.45, 2.75) is 44.9 Å². The van der Waals surface area contributed by atoms with Crippen LogP contribution in [-0.2, 0) is 6.42 Å². The first-order valence-electron chi connectivity index (χ1n) is 10.8. The van der Waals surface area contributed by atoms with Gasteiger partial charge in [-0.3, -0.25) is 0 Å². The Bertz CT molecular complexity index is 775. The lowest BCUT2D eigenvalue weighted by atomic mass is 9.93. The number of aliphatic hydroxyl groups is 2. The number of hydrogen-bond donors (Lipinski definition) is 3. The van der Waals surface area contributed by atoms with Crippen LogP contribution in [0.25, 0.3) is 11.1 Å². The summed E-state index contributed by atoms with van der Waals surface area (Å²) < 4.78 is 0. The van der Waals surface area contributed by atoms with Gasteiger partial charge in [0.05, 0.1) is 11.4 Å². The van der Waals surface area contributed by atoms with Crippen molar-refractivity contribution < 1.29 is 10.2 Å². The number of anilines is 2. The SMILES string of the molecule is OCCCCc1[c]cc(Cl)cc1-c1cccc(NCCCO)c1N1CCCCC1. The Morgan fingerprint density at radius 2 is 1.79 bits per heavy atom. The number of unbranched alkanes of at least 4 members (excludes halogenated alkanes) is 1. The Labute approximate surface area is 179 Å². The molecule has 0 bridgehead atoms. The van der Waals surface area contributed by atoms with Gasteiger partial charge in [0.25, 0.3) is 0 Å². The standard InChI is InChI=1S/C24H32ClN2O2/c25-20-12-11-19(8-2-5-16-28)22(18-20)21-9-6-10-23(26-13-7-17-29)24(21)27-14-3-1-4-15-27/h6,9-10,12,18,26,28-29H,1-5,7-8,13-17H2. The number of aliphatic hydroxyl groups excluding tert-OH is 2. The molecular formula is C24H32ClN2O2. The highest BCUT2D eigenvalue weighted by Gasteiger charge is 2.20. The molecule has 1 aliphatic heterocycles. The van der Waals surface area contributed by atoms with Crippen LogP contribution >= 0.6 is 11.6 Å². The maximum Gasteiger partial charge on any atom is 0.0681 e. The second kappa shape index (κ2) is 11.4. The Morgan fingerprint density at radius 3 is 2.55 bits per heavy atom. The van der Waals surface area contributed by atoms with Crippen LogP contribution < -0.4 is 10.2 Å². The van der Waals surface area contributed by atoms with Crippen LogP contribution in [0.2, 0.25) is 5.02 Å². The van der Waals surface area contributed by atoms with Crippen molar-refractivity contribution >= 4 is 23.0 Å². The van der Waals surface area contributed by atoms with Gasteiger partial charge in [-0.15, -0.1) is 0 Å². The fourth-order valence-corrected chi connectivity index (χ4v) is 4.19. The first kappa shape index (κ1) is 21.9. The molecule has 0 aromatic heterocycles. The molecule has 3 N–H and O–H groups in total. The lowest BCUT2D eigenvalue weighted by Crippen LogP contribution is -2.30. The molecule has 3 rings (SSSR count). The number of aryl methyl sites for hydroxylation is 1. The van der Waals surface area contributed by atoms with Crippen LogP contribution in [0, 0.1) is 6.07 Å². The number of benzene rings is 2. The maximum absolute atomic E-state index is 9.18. The largest absolute Gasteiger partial charge is 0.396 e. The summed E-state index contributed by atoms with van der Waals surface area (Å²) in [6.07, 6.45) is 7.00. The second-order valence-electron chi connectivity index (χ2n) is 7.64. The minimum atomic E-state index is 0.185. The molecule has 0 aliphatic carbocycles. The molecule has 29 heavy (non-hydrogen) atoms. The summed E-state index contributed by atoms with van der Waals surface area (Å²) in [5, 5.41) is 22.6. The van der Waals surface area contributed by atoms with Crippen molar-refractivity contribution in [3.63, 3.8) is 0 Å².